The van der Waals surface area contributed by atoms with Crippen LogP contribution >= 0.6 is 23.2 Å². The maximum atomic E-state index is 11.5. The molecule has 1 fully saturated rings. The third kappa shape index (κ3) is 7.81. The van der Waals surface area contributed by atoms with E-state index in [1.54, 1.807) is 25.1 Å². The Morgan fingerprint density at radius 3 is 2.44 bits per heavy atom. The normalized spacial score (nSPS) is 16.7. The molecule has 3 N–H and O–H groups in total. The quantitative estimate of drug-likeness (QED) is 0.141. The van der Waals surface area contributed by atoms with Gasteiger partial charge in [-0.05, 0) is 55.1 Å². The third-order valence-corrected chi connectivity index (χ3v) is 9.66. The molecule has 1 saturated heterocycles. The van der Waals surface area contributed by atoms with Crippen molar-refractivity contribution in [2.24, 2.45) is 0 Å². The number of carbonyl (C=O) groups is 2. The van der Waals surface area contributed by atoms with Crippen LogP contribution in [0.15, 0.2) is 54.6 Å². The standard InChI is InChI=1S/C37H39Cl2N5O6/c1-44(20-33(46)47)19-22-16-29(38)37(43-36(22)49-3)50-31-14-12-25-24(6-4-7-26(25)31)27-8-5-9-28(34(27)39)30-13-10-21(35(42-30)48-2)17-40-18-23-11-15-32(45)41-23/h4-10,13,16,23,31,40H,11-12,14-15,17-20H2,1-3H3,(H,41,45)(H,46,47)/t23-,31-/m0/s1. The van der Waals surface area contributed by atoms with Gasteiger partial charge in [-0.1, -0.05) is 65.7 Å². The van der Waals surface area contributed by atoms with E-state index in [1.807, 2.05) is 36.4 Å². The molecule has 1 amide bonds. The number of hydrogen-bond acceptors (Lipinski definition) is 9. The van der Waals surface area contributed by atoms with Gasteiger partial charge in [0.2, 0.25) is 23.5 Å². The number of nitrogens with one attached hydrogen (secondary N) is 2. The highest BCUT2D eigenvalue weighted by Crippen LogP contribution is 2.44. The molecule has 1 aliphatic heterocycles. The maximum absolute atomic E-state index is 11.5. The highest BCUT2D eigenvalue weighted by molar-refractivity contribution is 6.36. The fraction of sp³-hybridized carbons (Fsp3) is 0.351. The summed E-state index contributed by atoms with van der Waals surface area (Å²) >= 11 is 13.8. The lowest BCUT2D eigenvalue weighted by Gasteiger charge is -2.19. The van der Waals surface area contributed by atoms with Gasteiger partial charge in [0.25, 0.3) is 0 Å². The molecular weight excluding hydrogens is 681 g/mol. The number of aliphatic carboxylic acids is 1. The Kier molecular flexibility index (Phi) is 11.1. The number of pyridine rings is 2. The van der Waals surface area contributed by atoms with E-state index in [2.05, 4.69) is 27.8 Å². The van der Waals surface area contributed by atoms with Gasteiger partial charge < -0.3 is 30.0 Å². The Morgan fingerprint density at radius 2 is 1.70 bits per heavy atom. The summed E-state index contributed by atoms with van der Waals surface area (Å²) in [5, 5.41) is 16.4. The van der Waals surface area contributed by atoms with Gasteiger partial charge in [0.15, 0.2) is 0 Å². The largest absolute Gasteiger partial charge is 0.481 e. The summed E-state index contributed by atoms with van der Waals surface area (Å²) < 4.78 is 17.6. The number of aromatic nitrogens is 2. The molecular formula is C37H39Cl2N5O6. The number of carboxylic acids is 1. The minimum Gasteiger partial charge on any atom is -0.481 e. The molecule has 2 atom stereocenters. The Hall–Kier alpha value is -4.42. The molecule has 0 bridgehead atoms. The first-order chi connectivity index (χ1) is 24.1. The smallest absolute Gasteiger partial charge is 0.317 e. The zero-order valence-electron chi connectivity index (χ0n) is 28.1. The zero-order valence-corrected chi connectivity index (χ0v) is 29.6. The Balaban J connectivity index is 1.21. The van der Waals surface area contributed by atoms with Crippen LogP contribution in [0, 0.1) is 0 Å². The van der Waals surface area contributed by atoms with Gasteiger partial charge in [0.1, 0.15) is 11.1 Å². The van der Waals surface area contributed by atoms with Crippen LogP contribution in [0.5, 0.6) is 17.6 Å². The van der Waals surface area contributed by atoms with Crippen LogP contribution < -0.4 is 24.8 Å². The average molecular weight is 721 g/mol. The van der Waals surface area contributed by atoms with E-state index >= 15 is 0 Å². The second kappa shape index (κ2) is 15.6. The van der Waals surface area contributed by atoms with Crippen LogP contribution in [0.3, 0.4) is 0 Å². The van der Waals surface area contributed by atoms with E-state index in [-0.39, 0.29) is 30.5 Å². The molecule has 0 unspecified atom stereocenters. The number of methoxy groups -OCH3 is 2. The highest BCUT2D eigenvalue weighted by atomic mass is 35.5. The summed E-state index contributed by atoms with van der Waals surface area (Å²) in [7, 11) is 4.81. The third-order valence-electron chi connectivity index (χ3n) is 8.98. The molecule has 2 aliphatic rings. The number of rotatable bonds is 14. The second-order valence-corrected chi connectivity index (χ2v) is 13.3. The van der Waals surface area contributed by atoms with Gasteiger partial charge in [-0.3, -0.25) is 14.5 Å². The van der Waals surface area contributed by atoms with E-state index in [4.69, 9.17) is 47.5 Å². The Labute approximate surface area is 300 Å². The Bertz CT molecular complexity index is 1910. The van der Waals surface area contributed by atoms with Crippen LogP contribution in [-0.2, 0) is 29.1 Å². The van der Waals surface area contributed by atoms with Crippen molar-refractivity contribution in [2.75, 3.05) is 34.4 Å². The molecule has 6 rings (SSSR count). The van der Waals surface area contributed by atoms with E-state index in [0.717, 1.165) is 46.2 Å². The molecule has 11 nitrogen and oxygen atoms in total. The highest BCUT2D eigenvalue weighted by Gasteiger charge is 2.29. The molecule has 2 aromatic heterocycles. The van der Waals surface area contributed by atoms with Crippen molar-refractivity contribution < 1.29 is 28.9 Å². The van der Waals surface area contributed by atoms with Crippen molar-refractivity contribution in [3.8, 4) is 40.0 Å². The van der Waals surface area contributed by atoms with Crippen LogP contribution in [0.25, 0.3) is 22.4 Å². The Morgan fingerprint density at radius 1 is 0.960 bits per heavy atom. The molecule has 1 aliphatic carbocycles. The maximum Gasteiger partial charge on any atom is 0.317 e. The lowest BCUT2D eigenvalue weighted by molar-refractivity contribution is -0.138. The molecule has 3 heterocycles. The average Bonchev–Trinajstić information content (AvgIpc) is 3.71. The van der Waals surface area contributed by atoms with E-state index in [0.29, 0.717) is 65.5 Å². The van der Waals surface area contributed by atoms with E-state index < -0.39 is 5.97 Å². The topological polar surface area (TPSA) is 135 Å². The van der Waals surface area contributed by atoms with Crippen LogP contribution in [-0.4, -0.2) is 72.2 Å². The summed E-state index contributed by atoms with van der Waals surface area (Å²) in [4.78, 5) is 33.6. The number of nitrogens with zero attached hydrogens (tertiary/aromatic N) is 3. The number of likely N-dealkylation sites (N-methyl/N-ethyl adjacent to an activating group) is 1. The molecule has 0 radical (unpaired) electrons. The zero-order chi connectivity index (χ0) is 35.4. The lowest BCUT2D eigenvalue weighted by Crippen LogP contribution is -2.35. The van der Waals surface area contributed by atoms with Crippen molar-refractivity contribution in [3.05, 3.63) is 86.9 Å². The summed E-state index contributed by atoms with van der Waals surface area (Å²) in [6.07, 6.45) is 2.59. The molecule has 0 spiro atoms. The van der Waals surface area contributed by atoms with Gasteiger partial charge in [-0.15, -0.1) is 0 Å². The number of fused-ring (bicyclic) bond motifs is 1. The molecule has 0 saturated carbocycles. The van der Waals surface area contributed by atoms with Crippen molar-refractivity contribution >= 4 is 35.1 Å². The first-order valence-electron chi connectivity index (χ1n) is 16.4. The monoisotopic (exact) mass is 719 g/mol. The summed E-state index contributed by atoms with van der Waals surface area (Å²) in [5.41, 5.74) is 7.12. The van der Waals surface area contributed by atoms with Gasteiger partial charge in [-0.25, -0.2) is 4.98 Å². The molecule has 13 heteroatoms. The number of halogens is 2. The van der Waals surface area contributed by atoms with E-state index in [9.17, 15) is 9.59 Å². The number of carbonyl (C=O) groups excluding carboxylic acids is 1. The van der Waals surface area contributed by atoms with Crippen molar-refractivity contribution in [2.45, 2.75) is 50.9 Å². The minimum absolute atomic E-state index is 0.0967. The predicted molar refractivity (Wildman–Crippen MR) is 191 cm³/mol. The fourth-order valence-corrected chi connectivity index (χ4v) is 7.19. The molecule has 2 aromatic carbocycles. The van der Waals surface area contributed by atoms with Gasteiger partial charge in [0.05, 0.1) is 31.5 Å². The first kappa shape index (κ1) is 35.4. The number of ether oxygens (including phenoxy) is 3. The van der Waals surface area contributed by atoms with Crippen LogP contribution in [0.1, 0.15) is 47.6 Å². The van der Waals surface area contributed by atoms with Crippen LogP contribution in [0.2, 0.25) is 10.0 Å². The van der Waals surface area contributed by atoms with Crippen LogP contribution in [0.4, 0.5) is 0 Å². The minimum atomic E-state index is -0.929. The molecule has 4 aromatic rings. The molecule has 262 valence electrons. The first-order valence-corrected chi connectivity index (χ1v) is 17.2. The fourth-order valence-electron chi connectivity index (χ4n) is 6.65. The predicted octanol–water partition coefficient (Wildman–Crippen LogP) is 6.09. The van der Waals surface area contributed by atoms with Gasteiger partial charge in [-0.2, -0.15) is 4.98 Å². The van der Waals surface area contributed by atoms with E-state index in [1.165, 1.54) is 7.11 Å². The molecule has 50 heavy (non-hydrogen) atoms. The van der Waals surface area contributed by atoms with Crippen molar-refractivity contribution in [1.82, 2.24) is 25.5 Å². The lowest BCUT2D eigenvalue weighted by atomic mass is 9.94. The number of amides is 1. The van der Waals surface area contributed by atoms with Gasteiger partial charge in [0, 0.05) is 54.4 Å². The second-order valence-electron chi connectivity index (χ2n) is 12.5. The summed E-state index contributed by atoms with van der Waals surface area (Å²) in [5.74, 6) is 0.253. The van der Waals surface area contributed by atoms with Crippen molar-refractivity contribution in [3.63, 3.8) is 0 Å². The van der Waals surface area contributed by atoms with Crippen molar-refractivity contribution in [1.29, 1.82) is 0 Å². The summed E-state index contributed by atoms with van der Waals surface area (Å²) in [6.45, 7) is 1.39. The van der Waals surface area contributed by atoms with Gasteiger partial charge >= 0.3 is 5.97 Å². The number of carboxylic acid groups (broad SMARTS) is 1. The number of hydrogen-bond donors (Lipinski definition) is 3. The SMILES string of the molecule is COc1nc(-c2cccc(-c3cccc4c3CC[C@@H]4Oc3nc(OC)c(CN(C)CC(=O)O)cc3Cl)c2Cl)ccc1CNC[C@@H]1CCC(=O)N1. The number of benzene rings is 2. The summed E-state index contributed by atoms with van der Waals surface area (Å²) in [6, 6.07) is 17.8.